The minimum Gasteiger partial charge on any atom is -0.444 e. The molecule has 1 rings (SSSR count). The van der Waals surface area contributed by atoms with Gasteiger partial charge in [0.2, 0.25) is 0 Å². The summed E-state index contributed by atoms with van der Waals surface area (Å²) in [5.74, 6) is 0.312. The van der Waals surface area contributed by atoms with Gasteiger partial charge in [0, 0.05) is 6.20 Å². The number of rotatable bonds is 1. The molecule has 0 aromatic carbocycles. The first-order valence-corrected chi connectivity index (χ1v) is 4.59. The molecule has 0 fully saturated rings. The molecule has 0 bridgehead atoms. The van der Waals surface area contributed by atoms with Gasteiger partial charge < -0.3 is 10.5 Å². The molecule has 3 N–H and O–H groups in total. The van der Waals surface area contributed by atoms with Crippen LogP contribution >= 0.6 is 0 Å². The van der Waals surface area contributed by atoms with Crippen LogP contribution in [-0.2, 0) is 4.74 Å². The number of aromatic nitrogens is 1. The first-order valence-electron chi connectivity index (χ1n) is 4.59. The van der Waals surface area contributed by atoms with Crippen molar-refractivity contribution in [1.82, 2.24) is 4.98 Å². The predicted octanol–water partition coefficient (Wildman–Crippen LogP) is 2.01. The van der Waals surface area contributed by atoms with Gasteiger partial charge in [0.25, 0.3) is 0 Å². The van der Waals surface area contributed by atoms with E-state index in [9.17, 15) is 4.79 Å². The molecule has 0 atom stereocenters. The minimum atomic E-state index is -0.562. The average Bonchev–Trinajstić information content (AvgIpc) is 2.05. The van der Waals surface area contributed by atoms with Crippen LogP contribution in [0.5, 0.6) is 0 Å². The highest BCUT2D eigenvalue weighted by molar-refractivity contribution is 5.87. The Hall–Kier alpha value is -1.78. The van der Waals surface area contributed by atoms with Crippen LogP contribution in [0.1, 0.15) is 20.8 Å². The number of carbonyl (C=O) groups excluding carboxylic acids is 1. The summed E-state index contributed by atoms with van der Waals surface area (Å²) < 4.78 is 5.05. The Balaban J connectivity index is 2.64. The van der Waals surface area contributed by atoms with Crippen molar-refractivity contribution in [3.63, 3.8) is 0 Å². The highest BCUT2D eigenvalue weighted by atomic mass is 16.6. The van der Waals surface area contributed by atoms with Crippen molar-refractivity contribution >= 4 is 17.6 Å². The van der Waals surface area contributed by atoms with Crippen LogP contribution in [0.4, 0.5) is 16.3 Å². The van der Waals surface area contributed by atoms with Gasteiger partial charge in [-0.2, -0.15) is 0 Å². The lowest BCUT2D eigenvalue weighted by molar-refractivity contribution is 0.0635. The molecule has 0 aliphatic heterocycles. The molecule has 0 aliphatic carbocycles. The zero-order valence-electron chi connectivity index (χ0n) is 9.07. The summed E-state index contributed by atoms with van der Waals surface area (Å²) in [6.07, 6.45) is 0.983. The summed E-state index contributed by atoms with van der Waals surface area (Å²) in [4.78, 5) is 15.3. The molecule has 5 nitrogen and oxygen atoms in total. The summed E-state index contributed by atoms with van der Waals surface area (Å²) in [7, 11) is 0. The molecule has 1 amide bonds. The van der Waals surface area contributed by atoms with Gasteiger partial charge >= 0.3 is 6.09 Å². The second-order valence-electron chi connectivity index (χ2n) is 4.07. The Morgan fingerprint density at radius 2 is 2.20 bits per heavy atom. The minimum absolute atomic E-state index is 0.312. The molecule has 0 aliphatic rings. The second kappa shape index (κ2) is 4.16. The Labute approximate surface area is 88.6 Å². The maximum atomic E-state index is 11.4. The van der Waals surface area contributed by atoms with Gasteiger partial charge in [-0.1, -0.05) is 0 Å². The summed E-state index contributed by atoms with van der Waals surface area (Å²) in [6, 6.07) is 3.34. The number of amides is 1. The van der Waals surface area contributed by atoms with Crippen LogP contribution in [0.2, 0.25) is 0 Å². The lowest BCUT2D eigenvalue weighted by Crippen LogP contribution is -2.27. The number of hydrogen-bond acceptors (Lipinski definition) is 4. The van der Waals surface area contributed by atoms with Crippen LogP contribution in [-0.4, -0.2) is 16.7 Å². The van der Waals surface area contributed by atoms with Crippen molar-refractivity contribution in [2.75, 3.05) is 11.1 Å². The van der Waals surface area contributed by atoms with Gasteiger partial charge in [0.1, 0.15) is 5.60 Å². The highest BCUT2D eigenvalue weighted by Gasteiger charge is 2.16. The number of nitrogens with one attached hydrogen (secondary N) is 1. The van der Waals surface area contributed by atoms with Crippen molar-refractivity contribution < 1.29 is 9.53 Å². The molecule has 1 aromatic heterocycles. The summed E-state index contributed by atoms with van der Waals surface area (Å²) >= 11 is 0. The fraction of sp³-hybridized carbons (Fsp3) is 0.400. The number of ether oxygens (including phenoxy) is 1. The zero-order chi connectivity index (χ0) is 11.5. The van der Waals surface area contributed by atoms with E-state index in [2.05, 4.69) is 10.3 Å². The zero-order valence-corrected chi connectivity index (χ0v) is 9.07. The maximum absolute atomic E-state index is 11.4. The van der Waals surface area contributed by atoms with Crippen molar-refractivity contribution in [1.29, 1.82) is 0 Å². The third-order valence-electron chi connectivity index (χ3n) is 1.46. The van der Waals surface area contributed by atoms with E-state index in [0.717, 1.165) is 0 Å². The summed E-state index contributed by atoms with van der Waals surface area (Å²) in [5, 5.41) is 2.47. The average molecular weight is 209 g/mol. The van der Waals surface area contributed by atoms with Gasteiger partial charge in [0.15, 0.2) is 5.82 Å². The molecule has 0 radical (unpaired) electrons. The highest BCUT2D eigenvalue weighted by Crippen LogP contribution is 2.15. The Kier molecular flexibility index (Phi) is 3.14. The summed E-state index contributed by atoms with van der Waals surface area (Å²) in [5.41, 5.74) is 5.47. The second-order valence-corrected chi connectivity index (χ2v) is 4.07. The third kappa shape index (κ3) is 3.84. The lowest BCUT2D eigenvalue weighted by Gasteiger charge is -2.19. The molecular weight excluding hydrogens is 194 g/mol. The number of carbonyl (C=O) groups is 1. The fourth-order valence-electron chi connectivity index (χ4n) is 0.922. The number of nitrogens with two attached hydrogens (primary N) is 1. The molecule has 0 saturated heterocycles. The monoisotopic (exact) mass is 209 g/mol. The van der Waals surface area contributed by atoms with Gasteiger partial charge in [-0.25, -0.2) is 9.78 Å². The van der Waals surface area contributed by atoms with Crippen LogP contribution in [0, 0.1) is 0 Å². The Morgan fingerprint density at radius 3 is 2.73 bits per heavy atom. The largest absolute Gasteiger partial charge is 0.444 e. The molecule has 5 heteroatoms. The quantitative estimate of drug-likeness (QED) is 0.741. The Bertz CT molecular complexity index is 358. The van der Waals surface area contributed by atoms with Gasteiger partial charge in [-0.3, -0.25) is 5.32 Å². The number of nitrogens with zero attached hydrogens (tertiary/aromatic N) is 1. The predicted molar refractivity (Wildman–Crippen MR) is 58.5 cm³/mol. The van der Waals surface area contributed by atoms with Crippen molar-refractivity contribution in [2.24, 2.45) is 0 Å². The molecule has 0 unspecified atom stereocenters. The van der Waals surface area contributed by atoms with E-state index in [1.807, 2.05) is 0 Å². The molecule has 15 heavy (non-hydrogen) atoms. The molecule has 1 heterocycles. The molecule has 0 spiro atoms. The van der Waals surface area contributed by atoms with Gasteiger partial charge in [-0.05, 0) is 32.9 Å². The smallest absolute Gasteiger partial charge is 0.413 e. The maximum Gasteiger partial charge on any atom is 0.413 e. The normalized spacial score (nSPS) is 10.9. The molecule has 0 saturated carbocycles. The standard InChI is InChI=1S/C10H15N3O2/c1-10(2,3)15-9(14)13-8-7(11)5-4-6-12-8/h4-6H,11H2,1-3H3,(H,12,13,14). The lowest BCUT2D eigenvalue weighted by atomic mass is 10.2. The fourth-order valence-corrected chi connectivity index (χ4v) is 0.922. The van der Waals surface area contributed by atoms with Crippen LogP contribution < -0.4 is 11.1 Å². The summed E-state index contributed by atoms with van der Waals surface area (Å²) in [6.45, 7) is 5.36. The number of anilines is 2. The van der Waals surface area contributed by atoms with E-state index in [4.69, 9.17) is 10.5 Å². The number of nitrogen functional groups attached to an aromatic ring is 1. The van der Waals surface area contributed by atoms with Gasteiger partial charge in [-0.15, -0.1) is 0 Å². The van der Waals surface area contributed by atoms with Crippen LogP contribution in [0.15, 0.2) is 18.3 Å². The third-order valence-corrected chi connectivity index (χ3v) is 1.46. The van der Waals surface area contributed by atoms with E-state index in [1.165, 1.54) is 0 Å². The topological polar surface area (TPSA) is 77.2 Å². The van der Waals surface area contributed by atoms with Crippen LogP contribution in [0.3, 0.4) is 0 Å². The van der Waals surface area contributed by atoms with Crippen molar-refractivity contribution in [3.05, 3.63) is 18.3 Å². The van der Waals surface area contributed by atoms with E-state index in [0.29, 0.717) is 11.5 Å². The molecule has 82 valence electrons. The number of pyridine rings is 1. The van der Waals surface area contributed by atoms with E-state index >= 15 is 0 Å². The van der Waals surface area contributed by atoms with E-state index < -0.39 is 11.7 Å². The molecular formula is C10H15N3O2. The van der Waals surface area contributed by atoms with Crippen molar-refractivity contribution in [2.45, 2.75) is 26.4 Å². The number of hydrogen-bond donors (Lipinski definition) is 2. The van der Waals surface area contributed by atoms with Gasteiger partial charge in [0.05, 0.1) is 5.69 Å². The SMILES string of the molecule is CC(C)(C)OC(=O)Nc1ncccc1N. The first-order chi connectivity index (χ1) is 6.88. The van der Waals surface area contributed by atoms with E-state index in [-0.39, 0.29) is 0 Å². The van der Waals surface area contributed by atoms with Crippen molar-refractivity contribution in [3.8, 4) is 0 Å². The van der Waals surface area contributed by atoms with E-state index in [1.54, 1.807) is 39.1 Å². The van der Waals surface area contributed by atoms with Crippen LogP contribution in [0.25, 0.3) is 0 Å². The first kappa shape index (κ1) is 11.3. The Morgan fingerprint density at radius 1 is 1.53 bits per heavy atom. The molecule has 1 aromatic rings.